The van der Waals surface area contributed by atoms with Gasteiger partial charge in [-0.2, -0.15) is 5.10 Å². The number of benzene rings is 1. The van der Waals surface area contributed by atoms with Gasteiger partial charge in [-0.15, -0.1) is 11.3 Å². The molecule has 0 bridgehead atoms. The average molecular weight is 390 g/mol. The number of nitrogens with one attached hydrogen (secondary N) is 1. The second kappa shape index (κ2) is 6.51. The number of hydrogen-bond donors (Lipinski definition) is 1. The zero-order chi connectivity index (χ0) is 18.3. The van der Waals surface area contributed by atoms with Crippen molar-refractivity contribution < 1.29 is 13.2 Å². The average Bonchev–Trinajstić information content (AvgIpc) is 3.28. The Hall–Kier alpha value is -2.19. The monoisotopic (exact) mass is 389 g/mol. The summed E-state index contributed by atoms with van der Waals surface area (Å²) < 4.78 is 24.9. The van der Waals surface area contributed by atoms with E-state index in [9.17, 15) is 13.2 Å². The number of thiophene rings is 1. The molecule has 1 saturated heterocycles. The maximum atomic E-state index is 12.5. The van der Waals surface area contributed by atoms with Crippen LogP contribution in [0.15, 0.2) is 36.4 Å². The molecule has 8 heteroatoms. The van der Waals surface area contributed by atoms with E-state index in [1.165, 1.54) is 11.3 Å². The number of fused-ring (bicyclic) bond motifs is 1. The maximum absolute atomic E-state index is 12.5. The molecule has 0 aliphatic carbocycles. The highest BCUT2D eigenvalue weighted by Crippen LogP contribution is 2.30. The van der Waals surface area contributed by atoms with Gasteiger partial charge in [0, 0.05) is 11.9 Å². The molecule has 0 spiro atoms. The first-order chi connectivity index (χ1) is 12.4. The van der Waals surface area contributed by atoms with Crippen LogP contribution in [0.3, 0.4) is 0 Å². The Bertz CT molecular complexity index is 1070. The highest BCUT2D eigenvalue weighted by Gasteiger charge is 2.28. The van der Waals surface area contributed by atoms with Crippen LogP contribution in [0.4, 0.5) is 0 Å². The summed E-state index contributed by atoms with van der Waals surface area (Å²) in [6.07, 6.45) is 0.622. The number of rotatable bonds is 4. The second-order valence-corrected chi connectivity index (χ2v) is 9.90. The van der Waals surface area contributed by atoms with Gasteiger partial charge >= 0.3 is 0 Å². The number of sulfone groups is 1. The van der Waals surface area contributed by atoms with Crippen molar-refractivity contribution in [3.05, 3.63) is 47.0 Å². The van der Waals surface area contributed by atoms with E-state index < -0.39 is 9.84 Å². The molecule has 1 aliphatic rings. The number of carbonyl (C=O) groups excluding carboxylic acids is 1. The molecule has 136 valence electrons. The van der Waals surface area contributed by atoms with Crippen molar-refractivity contribution in [3.63, 3.8) is 0 Å². The lowest BCUT2D eigenvalue weighted by atomic mass is 10.1. The summed E-state index contributed by atoms with van der Waals surface area (Å²) in [6.45, 7) is 2.33. The third kappa shape index (κ3) is 3.26. The predicted octanol–water partition coefficient (Wildman–Crippen LogP) is 2.56. The molecule has 3 aromatic rings. The van der Waals surface area contributed by atoms with E-state index >= 15 is 0 Å². The SMILES string of the molecule is Cc1nn(-c2ccccc2)c2sc(C(=O)NCC3CCS(=O)(=O)C3)cc12. The molecule has 1 unspecified atom stereocenters. The van der Waals surface area contributed by atoms with E-state index in [0.29, 0.717) is 17.8 Å². The van der Waals surface area contributed by atoms with Crippen LogP contribution in [-0.4, -0.2) is 42.2 Å². The van der Waals surface area contributed by atoms with Crippen molar-refractivity contribution in [1.29, 1.82) is 0 Å². The Kier molecular flexibility index (Phi) is 4.32. The smallest absolute Gasteiger partial charge is 0.261 e. The number of amides is 1. The van der Waals surface area contributed by atoms with E-state index in [4.69, 9.17) is 0 Å². The summed E-state index contributed by atoms with van der Waals surface area (Å²) in [5.41, 5.74) is 1.83. The van der Waals surface area contributed by atoms with Gasteiger partial charge in [-0.05, 0) is 37.5 Å². The summed E-state index contributed by atoms with van der Waals surface area (Å²) >= 11 is 1.40. The van der Waals surface area contributed by atoms with Gasteiger partial charge in [-0.25, -0.2) is 13.1 Å². The van der Waals surface area contributed by atoms with Crippen LogP contribution in [-0.2, 0) is 9.84 Å². The number of para-hydroxylation sites is 1. The van der Waals surface area contributed by atoms with Crippen molar-refractivity contribution in [2.75, 3.05) is 18.1 Å². The fourth-order valence-corrected chi connectivity index (χ4v) is 6.22. The fourth-order valence-electron chi connectivity index (χ4n) is 3.26. The third-order valence-corrected chi connectivity index (χ3v) is 7.59. The zero-order valence-corrected chi connectivity index (χ0v) is 15.9. The molecule has 1 amide bonds. The Morgan fingerprint density at radius 1 is 1.35 bits per heavy atom. The minimum Gasteiger partial charge on any atom is -0.351 e. The van der Waals surface area contributed by atoms with Crippen LogP contribution in [0, 0.1) is 12.8 Å². The third-order valence-electron chi connectivity index (χ3n) is 4.65. The number of aryl methyl sites for hydroxylation is 1. The minimum atomic E-state index is -2.92. The molecule has 1 aliphatic heterocycles. The van der Waals surface area contributed by atoms with Gasteiger partial charge in [0.1, 0.15) is 4.83 Å². The molecular formula is C18H19N3O3S2. The van der Waals surface area contributed by atoms with Crippen LogP contribution < -0.4 is 5.32 Å². The van der Waals surface area contributed by atoms with Crippen molar-refractivity contribution in [1.82, 2.24) is 15.1 Å². The highest BCUT2D eigenvalue weighted by atomic mass is 32.2. The summed E-state index contributed by atoms with van der Waals surface area (Å²) in [5.74, 6) is 0.249. The van der Waals surface area contributed by atoms with Gasteiger partial charge in [-0.3, -0.25) is 4.79 Å². The van der Waals surface area contributed by atoms with E-state index in [-0.39, 0.29) is 23.3 Å². The Morgan fingerprint density at radius 3 is 2.81 bits per heavy atom. The standard InChI is InChI=1S/C18H19N3O3S2/c1-12-15-9-16(17(22)19-10-13-7-8-26(23,24)11-13)25-18(15)21(20-12)14-5-3-2-4-6-14/h2-6,9,13H,7-8,10-11H2,1H3,(H,19,22). The van der Waals surface area contributed by atoms with E-state index in [1.807, 2.05) is 48.0 Å². The van der Waals surface area contributed by atoms with Crippen LogP contribution in [0.2, 0.25) is 0 Å². The molecule has 1 fully saturated rings. The largest absolute Gasteiger partial charge is 0.351 e. The first kappa shape index (κ1) is 17.2. The van der Waals surface area contributed by atoms with Gasteiger partial charge < -0.3 is 5.32 Å². The quantitative estimate of drug-likeness (QED) is 0.744. The van der Waals surface area contributed by atoms with Crippen molar-refractivity contribution >= 4 is 37.3 Å². The van der Waals surface area contributed by atoms with Gasteiger partial charge in [0.15, 0.2) is 9.84 Å². The predicted molar refractivity (Wildman–Crippen MR) is 103 cm³/mol. The maximum Gasteiger partial charge on any atom is 0.261 e. The summed E-state index contributed by atoms with van der Waals surface area (Å²) in [7, 11) is -2.92. The number of hydrogen-bond acceptors (Lipinski definition) is 5. The van der Waals surface area contributed by atoms with Crippen LogP contribution in [0.5, 0.6) is 0 Å². The van der Waals surface area contributed by atoms with Gasteiger partial charge in [0.05, 0.1) is 27.8 Å². The molecule has 4 rings (SSSR count). The van der Waals surface area contributed by atoms with Crippen molar-refractivity contribution in [3.8, 4) is 5.69 Å². The fraction of sp³-hybridized carbons (Fsp3) is 0.333. The normalized spacial score (nSPS) is 19.0. The Balaban J connectivity index is 1.55. The molecule has 0 radical (unpaired) electrons. The zero-order valence-electron chi connectivity index (χ0n) is 14.3. The molecule has 2 aromatic heterocycles. The van der Waals surface area contributed by atoms with Crippen LogP contribution in [0.25, 0.3) is 15.9 Å². The summed E-state index contributed by atoms with van der Waals surface area (Å²) in [6, 6.07) is 11.7. The first-order valence-corrected chi connectivity index (χ1v) is 11.1. The van der Waals surface area contributed by atoms with Crippen molar-refractivity contribution in [2.45, 2.75) is 13.3 Å². The first-order valence-electron chi connectivity index (χ1n) is 8.46. The van der Waals surface area contributed by atoms with Gasteiger partial charge in [0.2, 0.25) is 0 Å². The van der Waals surface area contributed by atoms with E-state index in [1.54, 1.807) is 0 Å². The second-order valence-electron chi connectivity index (χ2n) is 6.64. The molecule has 1 atom stereocenters. The topological polar surface area (TPSA) is 81.1 Å². The van der Waals surface area contributed by atoms with Gasteiger partial charge in [-0.1, -0.05) is 18.2 Å². The number of carbonyl (C=O) groups is 1. The van der Waals surface area contributed by atoms with Crippen LogP contribution in [0.1, 0.15) is 21.8 Å². The molecule has 3 heterocycles. The Labute approximate surface area is 155 Å². The molecule has 1 aromatic carbocycles. The molecule has 6 nitrogen and oxygen atoms in total. The molecule has 26 heavy (non-hydrogen) atoms. The van der Waals surface area contributed by atoms with E-state index in [2.05, 4.69) is 10.4 Å². The Morgan fingerprint density at radius 2 is 2.12 bits per heavy atom. The van der Waals surface area contributed by atoms with Crippen LogP contribution >= 0.6 is 11.3 Å². The summed E-state index contributed by atoms with van der Waals surface area (Å²) in [5, 5.41) is 8.42. The van der Waals surface area contributed by atoms with E-state index in [0.717, 1.165) is 21.6 Å². The molecule has 1 N–H and O–H groups in total. The highest BCUT2D eigenvalue weighted by molar-refractivity contribution is 7.91. The van der Waals surface area contributed by atoms with Gasteiger partial charge in [0.25, 0.3) is 5.91 Å². The lowest BCUT2D eigenvalue weighted by Crippen LogP contribution is -2.29. The molecule has 0 saturated carbocycles. The van der Waals surface area contributed by atoms with Crippen molar-refractivity contribution in [2.24, 2.45) is 5.92 Å². The number of nitrogens with zero attached hydrogens (tertiary/aromatic N) is 2. The lowest BCUT2D eigenvalue weighted by molar-refractivity contribution is 0.0952. The minimum absolute atomic E-state index is 0.0138. The molecular weight excluding hydrogens is 370 g/mol. The lowest BCUT2D eigenvalue weighted by Gasteiger charge is -2.08. The summed E-state index contributed by atoms with van der Waals surface area (Å²) in [4.78, 5) is 14.1. The number of aromatic nitrogens is 2.